The second kappa shape index (κ2) is 7.56. The highest BCUT2D eigenvalue weighted by atomic mass is 16.7. The van der Waals surface area contributed by atoms with Crippen LogP contribution in [0, 0.1) is 0 Å². The Morgan fingerprint density at radius 2 is 2.14 bits per heavy atom. The van der Waals surface area contributed by atoms with E-state index in [4.69, 9.17) is 19.9 Å². The summed E-state index contributed by atoms with van der Waals surface area (Å²) in [6.45, 7) is 2.45. The van der Waals surface area contributed by atoms with Crippen molar-refractivity contribution >= 4 is 11.7 Å². The highest BCUT2D eigenvalue weighted by molar-refractivity contribution is 5.83. The molecule has 0 atom stereocenters. The van der Waals surface area contributed by atoms with Crippen LogP contribution >= 0.6 is 0 Å². The molecule has 122 valence electrons. The van der Waals surface area contributed by atoms with Crippen molar-refractivity contribution in [1.82, 2.24) is 4.98 Å². The average molecular weight is 308 g/mol. The van der Waals surface area contributed by atoms with E-state index < -0.39 is 5.41 Å². The van der Waals surface area contributed by atoms with Crippen molar-refractivity contribution < 1.29 is 19.0 Å². The third kappa shape index (κ3) is 3.56. The summed E-state index contributed by atoms with van der Waals surface area (Å²) >= 11 is 0. The van der Waals surface area contributed by atoms with Crippen LogP contribution in [0.1, 0.15) is 38.3 Å². The topological polar surface area (TPSA) is 83.7 Å². The van der Waals surface area contributed by atoms with Gasteiger partial charge < -0.3 is 19.9 Å². The minimum absolute atomic E-state index is 0.108. The second-order valence-corrected chi connectivity index (χ2v) is 5.55. The maximum atomic E-state index is 12.6. The van der Waals surface area contributed by atoms with Crippen LogP contribution in [0.25, 0.3) is 0 Å². The molecule has 0 amide bonds. The summed E-state index contributed by atoms with van der Waals surface area (Å²) in [7, 11) is 1.60. The minimum atomic E-state index is -0.698. The molecule has 0 unspecified atom stereocenters. The lowest BCUT2D eigenvalue weighted by atomic mass is 9.70. The largest absolute Gasteiger partial charge is 0.465 e. The van der Waals surface area contributed by atoms with E-state index in [1.54, 1.807) is 19.4 Å². The third-order valence-electron chi connectivity index (χ3n) is 4.15. The molecule has 2 N–H and O–H groups in total. The lowest BCUT2D eigenvalue weighted by molar-refractivity contribution is -0.154. The Hall–Kier alpha value is -1.66. The number of hydrogen-bond acceptors (Lipinski definition) is 6. The van der Waals surface area contributed by atoms with Gasteiger partial charge in [-0.2, -0.15) is 0 Å². The van der Waals surface area contributed by atoms with Gasteiger partial charge in [0.15, 0.2) is 0 Å². The number of carbonyl (C=O) groups excluding carboxylic acids is 1. The molecule has 1 aromatic heterocycles. The molecule has 6 nitrogen and oxygen atoms in total. The van der Waals surface area contributed by atoms with Gasteiger partial charge in [-0.15, -0.1) is 0 Å². The van der Waals surface area contributed by atoms with Crippen molar-refractivity contribution in [1.29, 1.82) is 0 Å². The van der Waals surface area contributed by atoms with Gasteiger partial charge in [0.05, 0.1) is 30.3 Å². The number of hydrogen-bond donors (Lipinski definition) is 1. The Balaban J connectivity index is 2.18. The van der Waals surface area contributed by atoms with E-state index in [1.165, 1.54) is 0 Å². The van der Waals surface area contributed by atoms with Crippen LogP contribution in [-0.4, -0.2) is 37.6 Å². The number of ether oxygens (including phenoxy) is 3. The lowest BCUT2D eigenvalue weighted by Gasteiger charge is -2.37. The standard InChI is InChI=1S/C16H24N2O4/c1-3-21-15(19)16(14-5-4-12(17)10-18-14)8-6-13(7-9-16)22-11-20-2/h4-5,10,13H,3,6-9,11,17H2,1-2H3/t13-,16+. The van der Waals surface area contributed by atoms with Crippen molar-refractivity contribution in [3.05, 3.63) is 24.0 Å². The van der Waals surface area contributed by atoms with Crippen molar-refractivity contribution in [2.45, 2.75) is 44.1 Å². The monoisotopic (exact) mass is 308 g/mol. The molecule has 1 heterocycles. The van der Waals surface area contributed by atoms with Gasteiger partial charge in [-0.25, -0.2) is 0 Å². The molecule has 0 bridgehead atoms. The second-order valence-electron chi connectivity index (χ2n) is 5.55. The first kappa shape index (κ1) is 16.7. The lowest BCUT2D eigenvalue weighted by Crippen LogP contribution is -2.43. The zero-order chi connectivity index (χ0) is 16.0. The summed E-state index contributed by atoms with van der Waals surface area (Å²) < 4.78 is 15.9. The van der Waals surface area contributed by atoms with E-state index in [0.29, 0.717) is 25.1 Å². The Labute approximate surface area is 131 Å². The molecule has 1 saturated carbocycles. The zero-order valence-electron chi connectivity index (χ0n) is 13.2. The van der Waals surface area contributed by atoms with Crippen LogP contribution in [0.15, 0.2) is 18.3 Å². The molecule has 22 heavy (non-hydrogen) atoms. The number of anilines is 1. The smallest absolute Gasteiger partial charge is 0.318 e. The average Bonchev–Trinajstić information content (AvgIpc) is 2.54. The van der Waals surface area contributed by atoms with E-state index in [-0.39, 0.29) is 18.9 Å². The van der Waals surface area contributed by atoms with Gasteiger partial charge in [0.2, 0.25) is 0 Å². The first-order valence-corrected chi connectivity index (χ1v) is 7.62. The molecule has 0 aromatic carbocycles. The number of pyridine rings is 1. The first-order valence-electron chi connectivity index (χ1n) is 7.62. The van der Waals surface area contributed by atoms with Crippen molar-refractivity contribution in [3.63, 3.8) is 0 Å². The summed E-state index contributed by atoms with van der Waals surface area (Å²) in [5.74, 6) is -0.211. The van der Waals surface area contributed by atoms with E-state index in [1.807, 2.05) is 13.0 Å². The SMILES string of the molecule is CCOC(=O)[C@]1(c2ccc(N)cn2)CC[C@H](OCOC)CC1. The number of rotatable bonds is 6. The molecule has 0 radical (unpaired) electrons. The fraction of sp³-hybridized carbons (Fsp3) is 0.625. The van der Waals surface area contributed by atoms with Crippen LogP contribution in [0.4, 0.5) is 5.69 Å². The highest BCUT2D eigenvalue weighted by Gasteiger charge is 2.46. The Kier molecular flexibility index (Phi) is 5.74. The van der Waals surface area contributed by atoms with Gasteiger partial charge in [-0.3, -0.25) is 9.78 Å². The molecule has 2 rings (SSSR count). The van der Waals surface area contributed by atoms with Gasteiger partial charge >= 0.3 is 5.97 Å². The molecule has 6 heteroatoms. The molecule has 1 aliphatic rings. The summed E-state index contributed by atoms with van der Waals surface area (Å²) in [4.78, 5) is 16.9. The first-order chi connectivity index (χ1) is 10.6. The molecule has 0 saturated heterocycles. The molecule has 0 aliphatic heterocycles. The predicted octanol–water partition coefficient (Wildman–Crippen LogP) is 2.03. The number of nitrogens with zero attached hydrogens (tertiary/aromatic N) is 1. The molecule has 0 spiro atoms. The highest BCUT2D eigenvalue weighted by Crippen LogP contribution is 2.40. The third-order valence-corrected chi connectivity index (χ3v) is 4.15. The Morgan fingerprint density at radius 3 is 2.68 bits per heavy atom. The molecule has 1 aromatic rings. The number of esters is 1. The van der Waals surface area contributed by atoms with Crippen LogP contribution in [0.2, 0.25) is 0 Å². The van der Waals surface area contributed by atoms with Gasteiger partial charge in [-0.1, -0.05) is 0 Å². The summed E-state index contributed by atoms with van der Waals surface area (Å²) in [6, 6.07) is 3.60. The molecule has 1 aliphatic carbocycles. The number of nitrogens with two attached hydrogens (primary N) is 1. The van der Waals surface area contributed by atoms with Crippen molar-refractivity contribution in [2.24, 2.45) is 0 Å². The summed E-state index contributed by atoms with van der Waals surface area (Å²) in [6.07, 6.45) is 4.54. The molecule has 1 fully saturated rings. The number of nitrogen functional groups attached to an aromatic ring is 1. The fourth-order valence-corrected chi connectivity index (χ4v) is 2.94. The van der Waals surface area contributed by atoms with Gasteiger partial charge in [-0.05, 0) is 44.7 Å². The predicted molar refractivity (Wildman–Crippen MR) is 82.2 cm³/mol. The Bertz CT molecular complexity index is 481. The molecular formula is C16H24N2O4. The van der Waals surface area contributed by atoms with Gasteiger partial charge in [0.1, 0.15) is 12.2 Å². The van der Waals surface area contributed by atoms with Gasteiger partial charge in [0.25, 0.3) is 0 Å². The van der Waals surface area contributed by atoms with E-state index >= 15 is 0 Å². The number of methoxy groups -OCH3 is 1. The van der Waals surface area contributed by atoms with Crippen molar-refractivity contribution in [2.75, 3.05) is 26.2 Å². The Morgan fingerprint density at radius 1 is 1.41 bits per heavy atom. The van der Waals surface area contributed by atoms with Crippen LogP contribution in [0.5, 0.6) is 0 Å². The fourth-order valence-electron chi connectivity index (χ4n) is 2.94. The van der Waals surface area contributed by atoms with Crippen LogP contribution in [-0.2, 0) is 24.4 Å². The minimum Gasteiger partial charge on any atom is -0.465 e. The normalized spacial score (nSPS) is 24.9. The van der Waals surface area contributed by atoms with E-state index in [2.05, 4.69) is 4.98 Å². The van der Waals surface area contributed by atoms with Crippen LogP contribution in [0.3, 0.4) is 0 Å². The maximum absolute atomic E-state index is 12.6. The maximum Gasteiger partial charge on any atom is 0.318 e. The summed E-state index contributed by atoms with van der Waals surface area (Å²) in [5.41, 5.74) is 6.31. The van der Waals surface area contributed by atoms with E-state index in [9.17, 15) is 4.79 Å². The van der Waals surface area contributed by atoms with Crippen LogP contribution < -0.4 is 5.73 Å². The quantitative estimate of drug-likeness (QED) is 0.639. The van der Waals surface area contributed by atoms with Gasteiger partial charge in [0, 0.05) is 7.11 Å². The zero-order valence-corrected chi connectivity index (χ0v) is 13.2. The number of aromatic nitrogens is 1. The van der Waals surface area contributed by atoms with Crippen molar-refractivity contribution in [3.8, 4) is 0 Å². The number of carbonyl (C=O) groups is 1. The summed E-state index contributed by atoms with van der Waals surface area (Å²) in [5, 5.41) is 0. The van der Waals surface area contributed by atoms with E-state index in [0.717, 1.165) is 18.5 Å². The molecular weight excluding hydrogens is 284 g/mol.